The second-order valence-corrected chi connectivity index (χ2v) is 7.33. The molecule has 5 heteroatoms. The van der Waals surface area contributed by atoms with E-state index in [2.05, 4.69) is 32.2 Å². The lowest BCUT2D eigenvalue weighted by atomic mass is 10.1. The minimum atomic E-state index is -0.155. The quantitative estimate of drug-likeness (QED) is 0.740. The normalized spacial score (nSPS) is 13.7. The number of nitrogens with one attached hydrogen (secondary N) is 1. The van der Waals surface area contributed by atoms with Gasteiger partial charge in [-0.3, -0.25) is 9.59 Å². The second kappa shape index (κ2) is 8.91. The Kier molecular flexibility index (Phi) is 6.34. The molecule has 0 bridgehead atoms. The summed E-state index contributed by atoms with van der Waals surface area (Å²) in [6.45, 7) is 7.93. The Labute approximate surface area is 166 Å². The first-order valence-electron chi connectivity index (χ1n) is 9.85. The molecule has 1 aliphatic rings. The van der Waals surface area contributed by atoms with Crippen LogP contribution in [0.15, 0.2) is 36.4 Å². The zero-order chi connectivity index (χ0) is 20.1. The molecule has 2 aromatic carbocycles. The third-order valence-electron chi connectivity index (χ3n) is 5.14. The molecule has 0 aliphatic carbocycles. The Morgan fingerprint density at radius 1 is 1.18 bits per heavy atom. The molecular weight excluding hydrogens is 352 g/mol. The predicted octanol–water partition coefficient (Wildman–Crippen LogP) is 3.94. The molecule has 5 nitrogen and oxygen atoms in total. The number of nitrogens with zero attached hydrogens (tertiary/aromatic N) is 1. The average Bonchev–Trinajstić information content (AvgIpc) is 3.10. The van der Waals surface area contributed by atoms with Crippen LogP contribution in [0.5, 0.6) is 5.75 Å². The Bertz CT molecular complexity index is 876. The number of para-hydroxylation sites is 1. The largest absolute Gasteiger partial charge is 0.493 e. The number of aryl methyl sites for hydroxylation is 2. The van der Waals surface area contributed by atoms with Crippen LogP contribution in [-0.4, -0.2) is 31.5 Å². The molecule has 0 unspecified atom stereocenters. The number of amides is 2. The zero-order valence-electron chi connectivity index (χ0n) is 16.9. The first kappa shape index (κ1) is 19.9. The van der Waals surface area contributed by atoms with E-state index in [1.165, 1.54) is 11.1 Å². The van der Waals surface area contributed by atoms with Gasteiger partial charge in [0.1, 0.15) is 5.75 Å². The standard InChI is InChI=1S/C23H28N2O3/c1-16-14-17(2)18(3)21(15-16)28-13-7-11-24-23(27)19-8-4-5-9-20(19)25-12-6-10-22(25)26/h4-5,8-9,14-15H,6-7,10-13H2,1-3H3,(H,24,27). The first-order chi connectivity index (χ1) is 13.5. The maximum absolute atomic E-state index is 12.6. The summed E-state index contributed by atoms with van der Waals surface area (Å²) in [5.74, 6) is 0.831. The van der Waals surface area contributed by atoms with Crippen LogP contribution < -0.4 is 15.0 Å². The van der Waals surface area contributed by atoms with Crippen molar-refractivity contribution in [3.05, 3.63) is 58.7 Å². The lowest BCUT2D eigenvalue weighted by Gasteiger charge is -2.19. The molecule has 1 fully saturated rings. The van der Waals surface area contributed by atoms with Crippen LogP contribution in [0, 0.1) is 20.8 Å². The minimum absolute atomic E-state index is 0.0810. The number of benzene rings is 2. The average molecular weight is 380 g/mol. The van der Waals surface area contributed by atoms with Crippen LogP contribution in [0.2, 0.25) is 0 Å². The maximum Gasteiger partial charge on any atom is 0.253 e. The van der Waals surface area contributed by atoms with Gasteiger partial charge in [0, 0.05) is 19.5 Å². The molecule has 3 rings (SSSR count). The summed E-state index contributed by atoms with van der Waals surface area (Å²) in [4.78, 5) is 26.4. The Morgan fingerprint density at radius 3 is 2.71 bits per heavy atom. The van der Waals surface area contributed by atoms with Gasteiger partial charge in [0.2, 0.25) is 5.91 Å². The Balaban J connectivity index is 1.52. The topological polar surface area (TPSA) is 58.6 Å². The minimum Gasteiger partial charge on any atom is -0.493 e. The Hall–Kier alpha value is -2.82. The molecule has 0 saturated carbocycles. The monoisotopic (exact) mass is 380 g/mol. The number of hydrogen-bond acceptors (Lipinski definition) is 3. The number of ether oxygens (including phenoxy) is 1. The van der Waals surface area contributed by atoms with E-state index in [-0.39, 0.29) is 11.8 Å². The summed E-state index contributed by atoms with van der Waals surface area (Å²) in [6, 6.07) is 11.5. The van der Waals surface area contributed by atoms with Gasteiger partial charge in [-0.05, 0) is 68.5 Å². The lowest BCUT2D eigenvalue weighted by molar-refractivity contribution is -0.117. The first-order valence-corrected chi connectivity index (χ1v) is 9.85. The van der Waals surface area contributed by atoms with E-state index in [0.717, 1.165) is 17.7 Å². The third-order valence-corrected chi connectivity index (χ3v) is 5.14. The summed E-state index contributed by atoms with van der Waals surface area (Å²) in [5.41, 5.74) is 4.79. The van der Waals surface area contributed by atoms with Gasteiger partial charge in [0.25, 0.3) is 5.91 Å². The van der Waals surface area contributed by atoms with Gasteiger partial charge < -0.3 is 15.0 Å². The fraction of sp³-hybridized carbons (Fsp3) is 0.391. The van der Waals surface area contributed by atoms with Crippen molar-refractivity contribution >= 4 is 17.5 Å². The summed E-state index contributed by atoms with van der Waals surface area (Å²) < 4.78 is 5.90. The lowest BCUT2D eigenvalue weighted by Crippen LogP contribution is -2.30. The van der Waals surface area contributed by atoms with E-state index in [9.17, 15) is 9.59 Å². The van der Waals surface area contributed by atoms with E-state index in [1.54, 1.807) is 11.0 Å². The molecule has 1 aliphatic heterocycles. The Morgan fingerprint density at radius 2 is 1.96 bits per heavy atom. The van der Waals surface area contributed by atoms with Crippen molar-refractivity contribution < 1.29 is 14.3 Å². The van der Waals surface area contributed by atoms with Gasteiger partial charge in [-0.25, -0.2) is 0 Å². The number of hydrogen-bond donors (Lipinski definition) is 1. The van der Waals surface area contributed by atoms with Gasteiger partial charge >= 0.3 is 0 Å². The molecule has 2 amide bonds. The van der Waals surface area contributed by atoms with Crippen molar-refractivity contribution in [1.82, 2.24) is 5.32 Å². The molecule has 0 radical (unpaired) electrons. The molecule has 1 heterocycles. The van der Waals surface area contributed by atoms with Gasteiger partial charge in [0.05, 0.1) is 17.9 Å². The van der Waals surface area contributed by atoms with E-state index < -0.39 is 0 Å². The van der Waals surface area contributed by atoms with Gasteiger partial charge in [0.15, 0.2) is 0 Å². The van der Waals surface area contributed by atoms with Crippen molar-refractivity contribution in [2.45, 2.75) is 40.0 Å². The zero-order valence-corrected chi connectivity index (χ0v) is 16.9. The van der Waals surface area contributed by atoms with Crippen LogP contribution in [0.1, 0.15) is 46.3 Å². The maximum atomic E-state index is 12.6. The summed E-state index contributed by atoms with van der Waals surface area (Å²) in [6.07, 6.45) is 2.10. The number of rotatable bonds is 7. The number of carbonyl (C=O) groups is 2. The molecule has 0 aromatic heterocycles. The summed E-state index contributed by atoms with van der Waals surface area (Å²) in [7, 11) is 0. The molecule has 0 spiro atoms. The van der Waals surface area contributed by atoms with E-state index in [1.807, 2.05) is 24.3 Å². The van der Waals surface area contributed by atoms with Gasteiger partial charge in [-0.2, -0.15) is 0 Å². The molecular formula is C23H28N2O3. The molecule has 1 saturated heterocycles. The van der Waals surface area contributed by atoms with Crippen molar-refractivity contribution in [3.8, 4) is 5.75 Å². The fourth-order valence-electron chi connectivity index (χ4n) is 3.51. The second-order valence-electron chi connectivity index (χ2n) is 7.33. The van der Waals surface area contributed by atoms with Crippen LogP contribution in [-0.2, 0) is 4.79 Å². The third kappa shape index (κ3) is 4.53. The molecule has 2 aromatic rings. The van der Waals surface area contributed by atoms with Crippen molar-refractivity contribution in [3.63, 3.8) is 0 Å². The van der Waals surface area contributed by atoms with Gasteiger partial charge in [-0.15, -0.1) is 0 Å². The van der Waals surface area contributed by atoms with Crippen LogP contribution >= 0.6 is 0 Å². The summed E-state index contributed by atoms with van der Waals surface area (Å²) >= 11 is 0. The predicted molar refractivity (Wildman–Crippen MR) is 111 cm³/mol. The molecule has 28 heavy (non-hydrogen) atoms. The highest BCUT2D eigenvalue weighted by atomic mass is 16.5. The van der Waals surface area contributed by atoms with Gasteiger partial charge in [-0.1, -0.05) is 18.2 Å². The van der Waals surface area contributed by atoms with E-state index in [4.69, 9.17) is 4.74 Å². The molecule has 148 valence electrons. The summed E-state index contributed by atoms with van der Waals surface area (Å²) in [5, 5.41) is 2.94. The number of anilines is 1. The molecule has 1 N–H and O–H groups in total. The highest BCUT2D eigenvalue weighted by Crippen LogP contribution is 2.25. The van der Waals surface area contributed by atoms with Crippen LogP contribution in [0.4, 0.5) is 5.69 Å². The SMILES string of the molecule is Cc1cc(C)c(C)c(OCCCNC(=O)c2ccccc2N2CCCC2=O)c1. The molecule has 0 atom stereocenters. The smallest absolute Gasteiger partial charge is 0.253 e. The van der Waals surface area contributed by atoms with Crippen molar-refractivity contribution in [2.75, 3.05) is 24.6 Å². The van der Waals surface area contributed by atoms with Crippen LogP contribution in [0.3, 0.4) is 0 Å². The van der Waals surface area contributed by atoms with Crippen molar-refractivity contribution in [1.29, 1.82) is 0 Å². The highest BCUT2D eigenvalue weighted by molar-refractivity contribution is 6.05. The van der Waals surface area contributed by atoms with E-state index >= 15 is 0 Å². The fourth-order valence-corrected chi connectivity index (χ4v) is 3.51. The highest BCUT2D eigenvalue weighted by Gasteiger charge is 2.25. The van der Waals surface area contributed by atoms with Crippen LogP contribution in [0.25, 0.3) is 0 Å². The number of carbonyl (C=O) groups excluding carboxylic acids is 2. The van der Waals surface area contributed by atoms with Crippen molar-refractivity contribution in [2.24, 2.45) is 0 Å². The van der Waals surface area contributed by atoms with E-state index in [0.29, 0.717) is 43.8 Å².